The van der Waals surface area contributed by atoms with Crippen molar-refractivity contribution < 1.29 is 4.92 Å². The third-order valence-electron chi connectivity index (χ3n) is 3.10. The van der Waals surface area contributed by atoms with Gasteiger partial charge in [-0.3, -0.25) is 29.1 Å². The lowest BCUT2D eigenvalue weighted by molar-refractivity contribution is -0.386. The highest BCUT2D eigenvalue weighted by atomic mass is 16.6. The Hall–Kier alpha value is -2.71. The molecule has 0 atom stereocenters. The minimum atomic E-state index is -1.00. The third-order valence-corrected chi connectivity index (χ3v) is 3.10. The maximum atomic E-state index is 11.8. The predicted octanol–water partition coefficient (Wildman–Crippen LogP) is 0.272. The van der Waals surface area contributed by atoms with Gasteiger partial charge in [-0.25, -0.2) is 4.79 Å². The van der Waals surface area contributed by atoms with E-state index in [2.05, 4.69) is 5.10 Å². The van der Waals surface area contributed by atoms with Crippen molar-refractivity contribution in [2.24, 2.45) is 0 Å². The number of nitrogens with one attached hydrogen (secondary N) is 1. The van der Waals surface area contributed by atoms with E-state index < -0.39 is 21.9 Å². The van der Waals surface area contributed by atoms with Gasteiger partial charge in [0.25, 0.3) is 0 Å². The number of aromatic amines is 1. The number of nitrogens with zero attached hydrogens (tertiary/aromatic N) is 4. The quantitative estimate of drug-likeness (QED) is 0.627. The average molecular weight is 293 g/mol. The van der Waals surface area contributed by atoms with Gasteiger partial charge in [-0.1, -0.05) is 6.92 Å². The Morgan fingerprint density at radius 1 is 1.38 bits per heavy atom. The Bertz CT molecular complexity index is 786. The summed E-state index contributed by atoms with van der Waals surface area (Å²) in [6.45, 7) is 4.60. The number of H-pyrrole nitrogens is 1. The van der Waals surface area contributed by atoms with E-state index >= 15 is 0 Å². The maximum absolute atomic E-state index is 11.8. The molecule has 9 nitrogen and oxygen atoms in total. The SMILES string of the molecule is CCc1cc(Cn2cc([N+](=O)[O-])c(=O)[nH]c2=O)n(CC)n1. The van der Waals surface area contributed by atoms with Crippen LogP contribution in [0.15, 0.2) is 21.9 Å². The van der Waals surface area contributed by atoms with Crippen LogP contribution in [0.25, 0.3) is 0 Å². The summed E-state index contributed by atoms with van der Waals surface area (Å²) >= 11 is 0. The topological polar surface area (TPSA) is 116 Å². The van der Waals surface area contributed by atoms with Crippen LogP contribution in [0.2, 0.25) is 0 Å². The summed E-state index contributed by atoms with van der Waals surface area (Å²) in [7, 11) is 0. The van der Waals surface area contributed by atoms with Crippen molar-refractivity contribution in [2.75, 3.05) is 0 Å². The van der Waals surface area contributed by atoms with Gasteiger partial charge < -0.3 is 0 Å². The normalized spacial score (nSPS) is 10.8. The van der Waals surface area contributed by atoms with Gasteiger partial charge in [0.2, 0.25) is 0 Å². The van der Waals surface area contributed by atoms with E-state index in [1.165, 1.54) is 0 Å². The van der Waals surface area contributed by atoms with Crippen LogP contribution in [0.4, 0.5) is 5.69 Å². The highest BCUT2D eigenvalue weighted by Gasteiger charge is 2.16. The first-order valence-corrected chi connectivity index (χ1v) is 6.50. The summed E-state index contributed by atoms with van der Waals surface area (Å²) in [4.78, 5) is 35.0. The molecular formula is C12H15N5O4. The Morgan fingerprint density at radius 3 is 2.67 bits per heavy atom. The molecule has 0 aliphatic heterocycles. The Kier molecular flexibility index (Phi) is 4.01. The minimum Gasteiger partial charge on any atom is -0.288 e. The monoisotopic (exact) mass is 293 g/mol. The number of aromatic nitrogens is 4. The fourth-order valence-electron chi connectivity index (χ4n) is 2.01. The Morgan fingerprint density at radius 2 is 2.10 bits per heavy atom. The second kappa shape index (κ2) is 5.73. The number of nitro groups is 1. The van der Waals surface area contributed by atoms with Gasteiger partial charge in [0.1, 0.15) is 0 Å². The van der Waals surface area contributed by atoms with Crippen LogP contribution in [0, 0.1) is 10.1 Å². The molecule has 2 rings (SSSR count). The highest BCUT2D eigenvalue weighted by molar-refractivity contribution is 5.21. The molecule has 0 amide bonds. The van der Waals surface area contributed by atoms with Gasteiger partial charge in [0.15, 0.2) is 0 Å². The van der Waals surface area contributed by atoms with Gasteiger partial charge in [0, 0.05) is 6.54 Å². The van der Waals surface area contributed by atoms with Crippen molar-refractivity contribution in [3.63, 3.8) is 0 Å². The zero-order valence-electron chi connectivity index (χ0n) is 11.7. The zero-order chi connectivity index (χ0) is 15.6. The molecule has 0 fully saturated rings. The average Bonchev–Trinajstić information content (AvgIpc) is 2.83. The molecule has 0 aliphatic carbocycles. The van der Waals surface area contributed by atoms with E-state index in [-0.39, 0.29) is 6.54 Å². The molecule has 21 heavy (non-hydrogen) atoms. The molecule has 0 saturated heterocycles. The van der Waals surface area contributed by atoms with E-state index in [1.54, 1.807) is 4.68 Å². The first-order valence-electron chi connectivity index (χ1n) is 6.50. The molecule has 0 aliphatic rings. The smallest absolute Gasteiger partial charge is 0.288 e. The lowest BCUT2D eigenvalue weighted by Gasteiger charge is -2.06. The van der Waals surface area contributed by atoms with Gasteiger partial charge in [-0.15, -0.1) is 0 Å². The lowest BCUT2D eigenvalue weighted by Crippen LogP contribution is -2.31. The first-order chi connectivity index (χ1) is 9.96. The van der Waals surface area contributed by atoms with E-state index in [4.69, 9.17) is 0 Å². The van der Waals surface area contributed by atoms with Crippen molar-refractivity contribution in [1.82, 2.24) is 19.3 Å². The molecule has 9 heteroatoms. The Balaban J connectivity index is 2.46. The van der Waals surface area contributed by atoms with Crippen molar-refractivity contribution in [3.8, 4) is 0 Å². The van der Waals surface area contributed by atoms with Gasteiger partial charge in [-0.05, 0) is 19.4 Å². The van der Waals surface area contributed by atoms with Crippen LogP contribution in [-0.4, -0.2) is 24.3 Å². The van der Waals surface area contributed by atoms with E-state index in [9.17, 15) is 19.7 Å². The summed E-state index contributed by atoms with van der Waals surface area (Å²) in [6.07, 6.45) is 1.71. The van der Waals surface area contributed by atoms with E-state index in [0.717, 1.165) is 28.6 Å². The zero-order valence-corrected chi connectivity index (χ0v) is 11.7. The molecule has 1 N–H and O–H groups in total. The third kappa shape index (κ3) is 2.91. The molecule has 112 valence electrons. The lowest BCUT2D eigenvalue weighted by atomic mass is 10.3. The van der Waals surface area contributed by atoms with Crippen LogP contribution in [0.1, 0.15) is 25.2 Å². The summed E-state index contributed by atoms with van der Waals surface area (Å²) < 4.78 is 2.82. The molecule has 0 unspecified atom stereocenters. The number of hydrogen-bond donors (Lipinski definition) is 1. The summed E-state index contributed by atoms with van der Waals surface area (Å²) in [6, 6.07) is 1.84. The molecule has 2 heterocycles. The number of aryl methyl sites for hydroxylation is 2. The second-order valence-electron chi connectivity index (χ2n) is 4.45. The fourth-order valence-corrected chi connectivity index (χ4v) is 2.01. The molecule has 2 aromatic rings. The van der Waals surface area contributed by atoms with Gasteiger partial charge >= 0.3 is 16.9 Å². The summed E-state index contributed by atoms with van der Waals surface area (Å²) in [5.74, 6) is 0. The van der Waals surface area contributed by atoms with E-state index in [0.29, 0.717) is 6.54 Å². The van der Waals surface area contributed by atoms with Crippen LogP contribution in [0.3, 0.4) is 0 Å². The van der Waals surface area contributed by atoms with Crippen molar-refractivity contribution in [3.05, 3.63) is 54.6 Å². The predicted molar refractivity (Wildman–Crippen MR) is 74.4 cm³/mol. The number of hydrogen-bond acceptors (Lipinski definition) is 5. The van der Waals surface area contributed by atoms with Crippen LogP contribution < -0.4 is 11.2 Å². The molecule has 2 aromatic heterocycles. The van der Waals surface area contributed by atoms with Crippen molar-refractivity contribution >= 4 is 5.69 Å². The molecule has 0 radical (unpaired) electrons. The van der Waals surface area contributed by atoms with E-state index in [1.807, 2.05) is 24.9 Å². The van der Waals surface area contributed by atoms with Gasteiger partial charge in [-0.2, -0.15) is 5.10 Å². The van der Waals surface area contributed by atoms with Crippen molar-refractivity contribution in [2.45, 2.75) is 33.4 Å². The molecule has 0 aromatic carbocycles. The standard InChI is InChI=1S/C12H15N5O4/c1-3-8-5-9(16(4-2)14-8)6-15-7-10(17(20)21)11(18)13-12(15)19/h5,7H,3-4,6H2,1-2H3,(H,13,18,19). The van der Waals surface area contributed by atoms with Gasteiger partial charge in [0.05, 0.1) is 29.1 Å². The highest BCUT2D eigenvalue weighted by Crippen LogP contribution is 2.08. The molecular weight excluding hydrogens is 278 g/mol. The fraction of sp³-hybridized carbons (Fsp3) is 0.417. The number of rotatable bonds is 5. The Labute approximate surface area is 119 Å². The molecule has 0 saturated carbocycles. The first kappa shape index (κ1) is 14.7. The van der Waals surface area contributed by atoms with Crippen LogP contribution in [-0.2, 0) is 19.5 Å². The largest absolute Gasteiger partial charge is 0.350 e. The molecule has 0 spiro atoms. The van der Waals surface area contributed by atoms with Crippen LogP contribution in [0.5, 0.6) is 0 Å². The van der Waals surface area contributed by atoms with Crippen LogP contribution >= 0.6 is 0 Å². The minimum absolute atomic E-state index is 0.108. The van der Waals surface area contributed by atoms with Crippen molar-refractivity contribution in [1.29, 1.82) is 0 Å². The molecule has 0 bridgehead atoms. The summed E-state index contributed by atoms with van der Waals surface area (Å²) in [5.41, 5.74) is -0.725. The summed E-state index contributed by atoms with van der Waals surface area (Å²) in [5, 5.41) is 15.1. The maximum Gasteiger partial charge on any atom is 0.350 e. The second-order valence-corrected chi connectivity index (χ2v) is 4.45.